The van der Waals surface area contributed by atoms with Gasteiger partial charge in [-0.2, -0.15) is 0 Å². The fraction of sp³-hybridized carbons (Fsp3) is 0. The van der Waals surface area contributed by atoms with Gasteiger partial charge < -0.3 is 18.6 Å². The van der Waals surface area contributed by atoms with Gasteiger partial charge in [0.2, 0.25) is 0 Å². The first-order chi connectivity index (χ1) is 18.9. The van der Waals surface area contributed by atoms with E-state index >= 15 is 0 Å². The largest absolute Gasteiger partial charge is 0.442 e. The molecule has 0 spiro atoms. The Bertz CT molecular complexity index is 1720. The number of hydrogen-bond donors (Lipinski definition) is 0. The molecule has 0 saturated heterocycles. The van der Waals surface area contributed by atoms with Crippen LogP contribution in [0.3, 0.4) is 0 Å². The van der Waals surface area contributed by atoms with Crippen LogP contribution in [-0.2, 0) is 0 Å². The summed E-state index contributed by atoms with van der Waals surface area (Å²) in [6, 6.07) is 44.4. The molecule has 0 atom stereocenters. The zero-order valence-electron chi connectivity index (χ0n) is 20.6. The lowest BCUT2D eigenvalue weighted by Crippen LogP contribution is -2.52. The summed E-state index contributed by atoms with van der Waals surface area (Å²) >= 11 is 0. The second-order valence-corrected chi connectivity index (χ2v) is 9.56. The van der Waals surface area contributed by atoms with Crippen molar-refractivity contribution < 1.29 is 4.74 Å². The molecule has 0 aliphatic carbocycles. The second kappa shape index (κ2) is 8.22. The van der Waals surface area contributed by atoms with Crippen LogP contribution in [0, 0.1) is 0 Å². The number of hydrogen-bond acceptors (Lipinski definition) is 3. The Kier molecular flexibility index (Phi) is 4.55. The van der Waals surface area contributed by atoms with Gasteiger partial charge in [-0.15, -0.1) is 0 Å². The molecule has 38 heavy (non-hydrogen) atoms. The summed E-state index contributed by atoms with van der Waals surface area (Å²) in [4.78, 5) is 4.63. The van der Waals surface area contributed by atoms with E-state index in [1.54, 1.807) is 0 Å². The van der Waals surface area contributed by atoms with E-state index in [9.17, 15) is 0 Å². The van der Waals surface area contributed by atoms with E-state index in [-0.39, 0.29) is 6.98 Å². The van der Waals surface area contributed by atoms with Crippen LogP contribution >= 0.6 is 0 Å². The van der Waals surface area contributed by atoms with E-state index in [1.165, 1.54) is 0 Å². The molecule has 2 aliphatic rings. The van der Waals surface area contributed by atoms with Gasteiger partial charge in [-0.05, 0) is 79.1 Å². The van der Waals surface area contributed by atoms with E-state index in [0.717, 1.165) is 51.3 Å². The van der Waals surface area contributed by atoms with E-state index < -0.39 is 0 Å². The fourth-order valence-electron chi connectivity index (χ4n) is 5.80. The number of anilines is 6. The second-order valence-electron chi connectivity index (χ2n) is 9.56. The van der Waals surface area contributed by atoms with Crippen LogP contribution in [-0.4, -0.2) is 15.9 Å². The van der Waals surface area contributed by atoms with Gasteiger partial charge in [-0.3, -0.25) is 4.90 Å². The lowest BCUT2D eigenvalue weighted by molar-refractivity contribution is 0.454. The van der Waals surface area contributed by atoms with Gasteiger partial charge in [0.05, 0.1) is 11.4 Å². The summed E-state index contributed by atoms with van der Waals surface area (Å²) in [5, 5.41) is 0. The Morgan fingerprint density at radius 1 is 0.579 bits per heavy atom. The third-order valence-corrected chi connectivity index (χ3v) is 7.37. The predicted octanol–water partition coefficient (Wildman–Crippen LogP) is 7.44. The molecular formula is C32H23BN4O. The molecule has 0 N–H and O–H groups in total. The van der Waals surface area contributed by atoms with Crippen molar-refractivity contribution in [1.29, 1.82) is 0 Å². The first-order valence-electron chi connectivity index (χ1n) is 12.8. The Morgan fingerprint density at radius 2 is 1.21 bits per heavy atom. The number of ether oxygens (including phenoxy) is 1. The Balaban J connectivity index is 1.42. The monoisotopic (exact) mass is 490 g/mol. The summed E-state index contributed by atoms with van der Waals surface area (Å²) in [7, 11) is 0. The third kappa shape index (κ3) is 3.07. The smallest absolute Gasteiger partial charge is 0.429 e. The van der Waals surface area contributed by atoms with Crippen molar-refractivity contribution in [2.45, 2.75) is 0 Å². The van der Waals surface area contributed by atoms with Crippen LogP contribution < -0.4 is 20.0 Å². The van der Waals surface area contributed by atoms with Gasteiger partial charge in [0.1, 0.15) is 11.6 Å². The van der Waals surface area contributed by atoms with Crippen molar-refractivity contribution in [3.05, 3.63) is 140 Å². The number of para-hydroxylation sites is 3. The van der Waals surface area contributed by atoms with Gasteiger partial charge in [-0.25, -0.2) is 0 Å². The zero-order chi connectivity index (χ0) is 25.1. The number of aromatic nitrogens is 2. The molecule has 0 unspecified atom stereocenters. The molecule has 2 aromatic heterocycles. The summed E-state index contributed by atoms with van der Waals surface area (Å²) < 4.78 is 11.1. The van der Waals surface area contributed by atoms with E-state index in [0.29, 0.717) is 0 Å². The third-order valence-electron chi connectivity index (χ3n) is 7.37. The molecule has 0 saturated carbocycles. The molecule has 8 rings (SSSR count). The lowest BCUT2D eigenvalue weighted by Gasteiger charge is -2.40. The summed E-state index contributed by atoms with van der Waals surface area (Å²) in [5.41, 5.74) is 6.58. The molecule has 0 amide bonds. The molecule has 4 aromatic carbocycles. The zero-order valence-corrected chi connectivity index (χ0v) is 20.6. The average Bonchev–Trinajstić information content (AvgIpc) is 3.65. The van der Waals surface area contributed by atoms with Crippen LogP contribution in [0.5, 0.6) is 11.6 Å². The minimum absolute atomic E-state index is 0.0281. The van der Waals surface area contributed by atoms with Gasteiger partial charge in [-0.1, -0.05) is 54.6 Å². The summed E-state index contributed by atoms with van der Waals surface area (Å²) in [6.07, 6.45) is 4.26. The minimum atomic E-state index is -0.0281. The highest BCUT2D eigenvalue weighted by atomic mass is 16.5. The highest BCUT2D eigenvalue weighted by molar-refractivity contribution is 6.74. The van der Waals surface area contributed by atoms with Crippen LogP contribution in [0.1, 0.15) is 0 Å². The number of benzene rings is 4. The van der Waals surface area contributed by atoms with Crippen LogP contribution in [0.25, 0.3) is 0 Å². The first kappa shape index (κ1) is 21.0. The molecule has 6 aromatic rings. The van der Waals surface area contributed by atoms with E-state index in [4.69, 9.17) is 4.74 Å². The maximum Gasteiger partial charge on any atom is 0.429 e. The minimum Gasteiger partial charge on any atom is -0.442 e. The van der Waals surface area contributed by atoms with E-state index in [2.05, 4.69) is 152 Å². The fourth-order valence-corrected chi connectivity index (χ4v) is 5.80. The molecule has 0 bridgehead atoms. The molecule has 4 heterocycles. The predicted molar refractivity (Wildman–Crippen MR) is 154 cm³/mol. The highest BCUT2D eigenvalue weighted by Crippen LogP contribution is 2.46. The normalized spacial score (nSPS) is 12.8. The van der Waals surface area contributed by atoms with Crippen molar-refractivity contribution in [2.24, 2.45) is 0 Å². The van der Waals surface area contributed by atoms with Gasteiger partial charge >= 0.3 is 6.98 Å². The summed E-state index contributed by atoms with van der Waals surface area (Å²) in [5.74, 6) is 2.82. The maximum absolute atomic E-state index is 6.60. The molecule has 6 heteroatoms. The topological polar surface area (TPSA) is 25.6 Å². The molecule has 0 fully saturated rings. The van der Waals surface area contributed by atoms with Crippen LogP contribution in [0.15, 0.2) is 140 Å². The van der Waals surface area contributed by atoms with Crippen molar-refractivity contribution in [2.75, 3.05) is 9.80 Å². The molecule has 180 valence electrons. The van der Waals surface area contributed by atoms with Crippen LogP contribution in [0.4, 0.5) is 34.3 Å². The summed E-state index contributed by atoms with van der Waals surface area (Å²) in [6.45, 7) is -0.0281. The lowest BCUT2D eigenvalue weighted by atomic mass is 9.63. The average molecular weight is 490 g/mol. The van der Waals surface area contributed by atoms with Crippen LogP contribution in [0.2, 0.25) is 0 Å². The molecule has 2 aliphatic heterocycles. The van der Waals surface area contributed by atoms with Crippen molar-refractivity contribution in [3.8, 4) is 11.6 Å². The Hall–Kier alpha value is -5.10. The number of rotatable bonds is 4. The Labute approximate surface area is 221 Å². The number of nitrogens with zero attached hydrogens (tertiary/aromatic N) is 4. The van der Waals surface area contributed by atoms with Gasteiger partial charge in [0.15, 0.2) is 5.88 Å². The van der Waals surface area contributed by atoms with Crippen molar-refractivity contribution in [3.63, 3.8) is 0 Å². The molecular weight excluding hydrogens is 467 g/mol. The number of fused-ring (bicyclic) bond motifs is 4. The quantitative estimate of drug-likeness (QED) is 0.240. The molecule has 5 nitrogen and oxygen atoms in total. The van der Waals surface area contributed by atoms with Crippen molar-refractivity contribution in [1.82, 2.24) is 8.96 Å². The van der Waals surface area contributed by atoms with Gasteiger partial charge in [0, 0.05) is 28.6 Å². The first-order valence-corrected chi connectivity index (χ1v) is 12.8. The standard InChI is InChI=1S/C32H23BN4O/c1-4-12-24(13-5-1)36(25-14-6-2-7-15-25)27-22-28-32-29(23-27)38-31-19-11-21-35(31)33(32)34-20-10-18-30(34)37(28)26-16-8-3-9-17-26/h1-23H. The van der Waals surface area contributed by atoms with Gasteiger partial charge in [0.25, 0.3) is 0 Å². The highest BCUT2D eigenvalue weighted by Gasteiger charge is 2.42. The van der Waals surface area contributed by atoms with Crippen molar-refractivity contribution >= 4 is 46.7 Å². The van der Waals surface area contributed by atoms with E-state index in [1.807, 2.05) is 6.07 Å². The SMILES string of the molecule is c1ccc(N(c2ccccc2)c2cc3c4c(c2)N(c2ccccc2)c2cccn2B4n2cccc2O3)cc1. The Morgan fingerprint density at radius 3 is 1.92 bits per heavy atom. The maximum atomic E-state index is 6.60. The molecule has 0 radical (unpaired) electrons.